The average Bonchev–Trinajstić information content (AvgIpc) is 3.49. The van der Waals surface area contributed by atoms with Crippen molar-refractivity contribution in [2.24, 2.45) is 0 Å². The molecular weight excluding hydrogens is 501 g/mol. The summed E-state index contributed by atoms with van der Waals surface area (Å²) < 4.78 is 23.0. The van der Waals surface area contributed by atoms with Gasteiger partial charge < -0.3 is 34.4 Å². The molecule has 2 aromatic heterocycles. The number of ether oxygens (including phenoxy) is 2. The van der Waals surface area contributed by atoms with E-state index in [1.54, 1.807) is 6.20 Å². The maximum atomic E-state index is 11.0. The van der Waals surface area contributed by atoms with E-state index in [4.69, 9.17) is 30.9 Å². The van der Waals surface area contributed by atoms with E-state index >= 15 is 0 Å². The van der Waals surface area contributed by atoms with Crippen molar-refractivity contribution in [1.82, 2.24) is 19.7 Å². The molecule has 0 unspecified atom stereocenters. The lowest BCUT2D eigenvalue weighted by molar-refractivity contribution is -0.0658. The highest BCUT2D eigenvalue weighted by Gasteiger charge is 2.45. The number of aliphatic hydroxyl groups excluding tert-OH is 2. The van der Waals surface area contributed by atoms with E-state index in [-0.39, 0.29) is 17.9 Å². The van der Waals surface area contributed by atoms with Crippen LogP contribution in [0.15, 0.2) is 30.5 Å². The Morgan fingerprint density at radius 1 is 1.26 bits per heavy atom. The van der Waals surface area contributed by atoms with Crippen molar-refractivity contribution >= 4 is 36.0 Å². The van der Waals surface area contributed by atoms with E-state index in [2.05, 4.69) is 27.2 Å². The van der Waals surface area contributed by atoms with Crippen LogP contribution in [0, 0.1) is 0 Å². The Labute approximate surface area is 205 Å². The highest BCUT2D eigenvalue weighted by molar-refractivity contribution is 7.51. The SMILES string of the molecule is CN(c1nc(Cl)nc2c1cnn2[C@@H]1O[C@H](COCP(=O)(O)O)[C@@H](O)[C@H]1O)[C@H]1CCc2ccccc21. The second kappa shape index (κ2) is 9.38. The van der Waals surface area contributed by atoms with E-state index in [0.717, 1.165) is 12.8 Å². The number of aryl methyl sites for hydroxylation is 1. The monoisotopic (exact) mass is 525 g/mol. The highest BCUT2D eigenvalue weighted by atomic mass is 35.5. The molecule has 1 saturated heterocycles. The number of hydrogen-bond acceptors (Lipinski definition) is 9. The van der Waals surface area contributed by atoms with Gasteiger partial charge in [-0.25, -0.2) is 4.68 Å². The zero-order valence-electron chi connectivity index (χ0n) is 18.7. The minimum absolute atomic E-state index is 0.0121. The number of halogens is 1. The molecule has 0 saturated carbocycles. The van der Waals surface area contributed by atoms with Gasteiger partial charge in [0.2, 0.25) is 5.28 Å². The molecule has 0 bridgehead atoms. The Morgan fingerprint density at radius 2 is 2.03 bits per heavy atom. The predicted molar refractivity (Wildman–Crippen MR) is 125 cm³/mol. The first kappa shape index (κ1) is 24.5. The van der Waals surface area contributed by atoms with Gasteiger partial charge in [0.1, 0.15) is 30.5 Å². The molecule has 0 radical (unpaired) electrons. The average molecular weight is 526 g/mol. The zero-order chi connectivity index (χ0) is 24.9. The maximum Gasteiger partial charge on any atom is 0.350 e. The summed E-state index contributed by atoms with van der Waals surface area (Å²) in [7, 11) is -2.45. The number of nitrogens with zero attached hydrogens (tertiary/aromatic N) is 5. The van der Waals surface area contributed by atoms with Crippen LogP contribution in [-0.2, 0) is 20.5 Å². The van der Waals surface area contributed by atoms with Gasteiger partial charge in [-0.05, 0) is 35.6 Å². The van der Waals surface area contributed by atoms with Gasteiger partial charge in [-0.3, -0.25) is 4.57 Å². The van der Waals surface area contributed by atoms with Crippen molar-refractivity contribution in [1.29, 1.82) is 0 Å². The Bertz CT molecular complexity index is 1290. The Hall–Kier alpha value is -2.15. The van der Waals surface area contributed by atoms with Gasteiger partial charge in [0.15, 0.2) is 11.9 Å². The molecule has 5 rings (SSSR count). The quantitative estimate of drug-likeness (QED) is 0.260. The smallest absolute Gasteiger partial charge is 0.350 e. The van der Waals surface area contributed by atoms with Crippen molar-refractivity contribution in [2.75, 3.05) is 24.9 Å². The molecule has 1 aliphatic heterocycles. The summed E-state index contributed by atoms with van der Waals surface area (Å²) in [5, 5.41) is 25.9. The summed E-state index contributed by atoms with van der Waals surface area (Å²) in [6, 6.07) is 8.35. The topological polar surface area (TPSA) is 163 Å². The molecule has 35 heavy (non-hydrogen) atoms. The third-order valence-electron chi connectivity index (χ3n) is 6.43. The van der Waals surface area contributed by atoms with Crippen LogP contribution in [0.4, 0.5) is 5.82 Å². The van der Waals surface area contributed by atoms with E-state index < -0.39 is 38.5 Å². The van der Waals surface area contributed by atoms with Gasteiger partial charge in [-0.2, -0.15) is 15.1 Å². The van der Waals surface area contributed by atoms with Crippen LogP contribution in [0.2, 0.25) is 5.28 Å². The van der Waals surface area contributed by atoms with Crippen LogP contribution >= 0.6 is 19.2 Å². The first-order chi connectivity index (χ1) is 16.6. The third kappa shape index (κ3) is 4.68. The lowest BCUT2D eigenvalue weighted by atomic mass is 10.1. The summed E-state index contributed by atoms with van der Waals surface area (Å²) in [5.74, 6) is 0.572. The molecule has 1 fully saturated rings. The van der Waals surface area contributed by atoms with Crippen molar-refractivity contribution in [3.05, 3.63) is 46.9 Å². The second-order valence-electron chi connectivity index (χ2n) is 8.72. The molecule has 1 aromatic carbocycles. The first-order valence-corrected chi connectivity index (χ1v) is 13.2. The van der Waals surface area contributed by atoms with Crippen molar-refractivity contribution < 1.29 is 34.0 Å². The molecule has 1 aliphatic carbocycles. The fraction of sp³-hybridized carbons (Fsp3) is 0.476. The third-order valence-corrected chi connectivity index (χ3v) is 7.12. The minimum atomic E-state index is -4.38. The molecule has 3 heterocycles. The van der Waals surface area contributed by atoms with Crippen molar-refractivity contribution in [3.8, 4) is 0 Å². The van der Waals surface area contributed by atoms with Crippen LogP contribution in [0.3, 0.4) is 0 Å². The van der Waals surface area contributed by atoms with E-state index in [0.29, 0.717) is 16.9 Å². The highest BCUT2D eigenvalue weighted by Crippen LogP contribution is 2.40. The van der Waals surface area contributed by atoms with Crippen LogP contribution < -0.4 is 4.90 Å². The van der Waals surface area contributed by atoms with Gasteiger partial charge in [-0.1, -0.05) is 24.3 Å². The molecule has 188 valence electrons. The van der Waals surface area contributed by atoms with Crippen molar-refractivity contribution in [2.45, 2.75) is 43.4 Å². The van der Waals surface area contributed by atoms with Crippen LogP contribution in [0.5, 0.6) is 0 Å². The molecular formula is C21H25ClN5O7P. The second-order valence-corrected chi connectivity index (χ2v) is 10.6. The Balaban J connectivity index is 1.43. The predicted octanol–water partition coefficient (Wildman–Crippen LogP) is 1.37. The number of hydrogen-bond donors (Lipinski definition) is 4. The molecule has 5 atom stereocenters. The van der Waals surface area contributed by atoms with E-state index in [1.165, 1.54) is 15.8 Å². The van der Waals surface area contributed by atoms with E-state index in [1.807, 2.05) is 24.1 Å². The van der Waals surface area contributed by atoms with Gasteiger partial charge >= 0.3 is 7.60 Å². The van der Waals surface area contributed by atoms with Gasteiger partial charge in [0.25, 0.3) is 0 Å². The summed E-state index contributed by atoms with van der Waals surface area (Å²) in [4.78, 5) is 28.7. The number of rotatable bonds is 7. The molecule has 0 spiro atoms. The first-order valence-electron chi connectivity index (χ1n) is 11.0. The van der Waals surface area contributed by atoms with Crippen LogP contribution in [0.25, 0.3) is 11.0 Å². The molecule has 0 amide bonds. The van der Waals surface area contributed by atoms with Crippen LogP contribution in [-0.4, -0.2) is 78.1 Å². The standard InChI is InChI=1S/C21H25ClN5O7P/c1-26(14-7-6-11-4-2-3-5-12(11)14)18-13-8-23-27(19(13)25-21(22)24-18)20-17(29)16(28)15(34-20)9-33-10-35(30,31)32/h2-5,8,14-17,20,28-29H,6-7,9-10H2,1H3,(H2,30,31,32)/t14-,15+,16+,17+,20+/m0/s1. The lowest BCUT2D eigenvalue weighted by Crippen LogP contribution is -2.34. The van der Waals surface area contributed by atoms with Gasteiger partial charge in [0, 0.05) is 7.05 Å². The number of fused-ring (bicyclic) bond motifs is 2. The molecule has 3 aromatic rings. The Kier molecular flexibility index (Phi) is 6.58. The van der Waals surface area contributed by atoms with Gasteiger partial charge in [0.05, 0.1) is 24.2 Å². The zero-order valence-corrected chi connectivity index (χ0v) is 20.3. The normalized spacial score (nSPS) is 26.4. The van der Waals surface area contributed by atoms with Crippen LogP contribution in [0.1, 0.15) is 29.8 Å². The summed E-state index contributed by atoms with van der Waals surface area (Å²) in [6.45, 7) is -0.330. The van der Waals surface area contributed by atoms with E-state index in [9.17, 15) is 14.8 Å². The van der Waals surface area contributed by atoms with Crippen molar-refractivity contribution in [3.63, 3.8) is 0 Å². The Morgan fingerprint density at radius 3 is 2.80 bits per heavy atom. The number of benzene rings is 1. The fourth-order valence-electron chi connectivity index (χ4n) is 4.78. The molecule has 14 heteroatoms. The largest absolute Gasteiger partial charge is 0.387 e. The number of aliphatic hydroxyl groups is 2. The number of aromatic nitrogens is 4. The summed E-state index contributed by atoms with van der Waals surface area (Å²) in [5.41, 5.74) is 2.83. The van der Waals surface area contributed by atoms with Gasteiger partial charge in [-0.15, -0.1) is 0 Å². The molecule has 4 N–H and O–H groups in total. The minimum Gasteiger partial charge on any atom is -0.387 e. The summed E-state index contributed by atoms with van der Waals surface area (Å²) >= 11 is 6.28. The molecule has 2 aliphatic rings. The fourth-order valence-corrected chi connectivity index (χ4v) is 5.28. The maximum absolute atomic E-state index is 11.0. The molecule has 12 nitrogen and oxygen atoms in total. The lowest BCUT2D eigenvalue weighted by Gasteiger charge is -2.27. The summed E-state index contributed by atoms with van der Waals surface area (Å²) in [6.07, 6.45) is -2.31. The number of anilines is 1.